The normalized spacial score (nSPS) is 11.0. The van der Waals surface area contributed by atoms with Crippen LogP contribution in [0.5, 0.6) is 0 Å². The smallest absolute Gasteiger partial charge is 0.258 e. The summed E-state index contributed by atoms with van der Waals surface area (Å²) in [4.78, 5) is 16.1. The highest BCUT2D eigenvalue weighted by Crippen LogP contribution is 2.25. The zero-order valence-corrected chi connectivity index (χ0v) is 13.3. The van der Waals surface area contributed by atoms with Crippen molar-refractivity contribution in [3.63, 3.8) is 0 Å². The van der Waals surface area contributed by atoms with Gasteiger partial charge in [-0.05, 0) is 0 Å². The maximum absolute atomic E-state index is 11.2. The summed E-state index contributed by atoms with van der Waals surface area (Å²) in [6, 6.07) is 16.5. The molecule has 0 aliphatic heterocycles. The molecular formula is C17H12N4O2S. The van der Waals surface area contributed by atoms with Crippen molar-refractivity contribution in [2.45, 2.75) is 6.42 Å². The first-order valence-corrected chi connectivity index (χ1v) is 8.21. The van der Waals surface area contributed by atoms with Gasteiger partial charge in [0, 0.05) is 29.0 Å². The van der Waals surface area contributed by atoms with E-state index in [0.29, 0.717) is 17.8 Å². The van der Waals surface area contributed by atoms with Crippen LogP contribution in [0.25, 0.3) is 16.3 Å². The van der Waals surface area contributed by atoms with Gasteiger partial charge in [-0.2, -0.15) is 4.98 Å². The second kappa shape index (κ2) is 5.86. The van der Waals surface area contributed by atoms with E-state index in [1.807, 2.05) is 41.8 Å². The first kappa shape index (κ1) is 14.5. The molecule has 2 aromatic carbocycles. The third-order valence-electron chi connectivity index (χ3n) is 3.74. The molecule has 0 radical (unpaired) electrons. The van der Waals surface area contributed by atoms with Crippen LogP contribution in [0.1, 0.15) is 11.3 Å². The lowest BCUT2D eigenvalue weighted by molar-refractivity contribution is -0.385. The van der Waals surface area contributed by atoms with Gasteiger partial charge >= 0.3 is 0 Å². The Labute approximate surface area is 141 Å². The van der Waals surface area contributed by atoms with Crippen LogP contribution in [0.2, 0.25) is 0 Å². The Bertz CT molecular complexity index is 1020. The highest BCUT2D eigenvalue weighted by molar-refractivity contribution is 7.15. The Morgan fingerprint density at radius 1 is 1.08 bits per heavy atom. The van der Waals surface area contributed by atoms with E-state index in [4.69, 9.17) is 0 Å². The van der Waals surface area contributed by atoms with Crippen molar-refractivity contribution >= 4 is 22.0 Å². The first-order chi connectivity index (χ1) is 11.7. The average Bonchev–Trinajstić information content (AvgIpc) is 3.18. The molecule has 0 bridgehead atoms. The minimum atomic E-state index is -0.352. The van der Waals surface area contributed by atoms with E-state index in [2.05, 4.69) is 10.1 Å². The van der Waals surface area contributed by atoms with Gasteiger partial charge in [0.1, 0.15) is 0 Å². The molecule has 0 aliphatic rings. The van der Waals surface area contributed by atoms with Crippen LogP contribution in [0.4, 0.5) is 5.69 Å². The Morgan fingerprint density at radius 3 is 2.62 bits per heavy atom. The van der Waals surface area contributed by atoms with Gasteiger partial charge in [0.25, 0.3) is 5.69 Å². The van der Waals surface area contributed by atoms with E-state index >= 15 is 0 Å². The summed E-state index contributed by atoms with van der Waals surface area (Å²) in [5, 5.41) is 17.7. The van der Waals surface area contributed by atoms with E-state index in [1.54, 1.807) is 16.6 Å². The van der Waals surface area contributed by atoms with Crippen LogP contribution in [-0.4, -0.2) is 19.5 Å². The highest BCUT2D eigenvalue weighted by Gasteiger charge is 2.16. The summed E-state index contributed by atoms with van der Waals surface area (Å²) in [5.74, 6) is 0.659. The lowest BCUT2D eigenvalue weighted by Crippen LogP contribution is -1.99. The van der Waals surface area contributed by atoms with Gasteiger partial charge in [-0.1, -0.05) is 48.5 Å². The topological polar surface area (TPSA) is 73.3 Å². The molecule has 4 aromatic rings. The molecule has 0 aliphatic carbocycles. The molecule has 118 valence electrons. The third kappa shape index (κ3) is 2.55. The fraction of sp³-hybridized carbons (Fsp3) is 0.0588. The van der Waals surface area contributed by atoms with Crippen LogP contribution in [0.15, 0.2) is 60.0 Å². The summed E-state index contributed by atoms with van der Waals surface area (Å²) in [7, 11) is 0. The molecule has 24 heavy (non-hydrogen) atoms. The van der Waals surface area contributed by atoms with E-state index in [9.17, 15) is 10.1 Å². The molecule has 0 unspecified atom stereocenters. The predicted molar refractivity (Wildman–Crippen MR) is 92.2 cm³/mol. The number of fused-ring (bicyclic) bond motifs is 1. The molecule has 2 heterocycles. The second-order valence-electron chi connectivity index (χ2n) is 5.29. The monoisotopic (exact) mass is 336 g/mol. The van der Waals surface area contributed by atoms with Crippen molar-refractivity contribution in [2.24, 2.45) is 0 Å². The number of para-hydroxylation sites is 1. The zero-order valence-electron chi connectivity index (χ0n) is 12.5. The minimum Gasteiger partial charge on any atom is -0.258 e. The molecule has 0 amide bonds. The Kier molecular flexibility index (Phi) is 3.55. The van der Waals surface area contributed by atoms with Crippen molar-refractivity contribution in [1.82, 2.24) is 14.6 Å². The van der Waals surface area contributed by atoms with E-state index in [1.165, 1.54) is 17.4 Å². The van der Waals surface area contributed by atoms with Gasteiger partial charge in [0.15, 0.2) is 5.82 Å². The quantitative estimate of drug-likeness (QED) is 0.418. The van der Waals surface area contributed by atoms with Crippen molar-refractivity contribution in [3.05, 3.63) is 81.3 Å². The van der Waals surface area contributed by atoms with Gasteiger partial charge in [0.05, 0.1) is 10.6 Å². The highest BCUT2D eigenvalue weighted by atomic mass is 32.1. The van der Waals surface area contributed by atoms with Gasteiger partial charge in [-0.3, -0.25) is 10.1 Å². The molecule has 0 saturated heterocycles. The fourth-order valence-electron chi connectivity index (χ4n) is 2.59. The Hall–Kier alpha value is -3.06. The summed E-state index contributed by atoms with van der Waals surface area (Å²) < 4.78 is 1.77. The maximum atomic E-state index is 11.2. The number of rotatable bonds is 4. The molecule has 6 nitrogen and oxygen atoms in total. The number of benzene rings is 2. The maximum Gasteiger partial charge on any atom is 0.272 e. The summed E-state index contributed by atoms with van der Waals surface area (Å²) in [6.07, 6.45) is 0.439. The molecule has 0 saturated carbocycles. The zero-order chi connectivity index (χ0) is 16.5. The first-order valence-electron chi connectivity index (χ1n) is 7.33. The third-order valence-corrected chi connectivity index (χ3v) is 4.61. The number of nitro groups is 1. The Balaban J connectivity index is 1.74. The lowest BCUT2D eigenvalue weighted by atomic mass is 10.1. The summed E-state index contributed by atoms with van der Waals surface area (Å²) in [5.41, 5.74) is 2.63. The van der Waals surface area contributed by atoms with Crippen LogP contribution >= 0.6 is 11.3 Å². The van der Waals surface area contributed by atoms with Crippen molar-refractivity contribution in [2.75, 3.05) is 0 Å². The van der Waals surface area contributed by atoms with Gasteiger partial charge in [0.2, 0.25) is 4.96 Å². The summed E-state index contributed by atoms with van der Waals surface area (Å²) >= 11 is 1.48. The standard InChI is InChI=1S/C17H12N4O2S/c22-21(23)15-9-5-4-8-13(15)10-14-11-24-17-18-16(19-20(14)17)12-6-2-1-3-7-12/h1-9,11H,10H2. The van der Waals surface area contributed by atoms with E-state index in [0.717, 1.165) is 16.2 Å². The molecule has 0 N–H and O–H groups in total. The van der Waals surface area contributed by atoms with Crippen molar-refractivity contribution in [1.29, 1.82) is 0 Å². The van der Waals surface area contributed by atoms with Crippen LogP contribution in [0, 0.1) is 10.1 Å². The SMILES string of the molecule is O=[N+]([O-])c1ccccc1Cc1csc2nc(-c3ccccc3)nn12. The van der Waals surface area contributed by atoms with Gasteiger partial charge in [-0.25, -0.2) is 4.52 Å². The molecule has 2 aromatic heterocycles. The number of hydrogen-bond donors (Lipinski definition) is 0. The molecule has 7 heteroatoms. The van der Waals surface area contributed by atoms with Crippen molar-refractivity contribution < 1.29 is 4.92 Å². The Morgan fingerprint density at radius 2 is 1.83 bits per heavy atom. The van der Waals surface area contributed by atoms with Gasteiger partial charge in [-0.15, -0.1) is 16.4 Å². The molecule has 0 spiro atoms. The number of thiazole rings is 1. The van der Waals surface area contributed by atoms with E-state index in [-0.39, 0.29) is 10.6 Å². The largest absolute Gasteiger partial charge is 0.272 e. The average molecular weight is 336 g/mol. The van der Waals surface area contributed by atoms with Crippen LogP contribution < -0.4 is 0 Å². The van der Waals surface area contributed by atoms with Crippen molar-refractivity contribution in [3.8, 4) is 11.4 Å². The molecule has 4 rings (SSSR count). The predicted octanol–water partition coefficient (Wildman–Crippen LogP) is 3.96. The van der Waals surface area contributed by atoms with Gasteiger partial charge < -0.3 is 0 Å². The number of nitrogens with zero attached hydrogens (tertiary/aromatic N) is 4. The van der Waals surface area contributed by atoms with Crippen LogP contribution in [0.3, 0.4) is 0 Å². The lowest BCUT2D eigenvalue weighted by Gasteiger charge is -2.01. The molecule has 0 atom stereocenters. The minimum absolute atomic E-state index is 0.125. The van der Waals surface area contributed by atoms with Crippen LogP contribution in [-0.2, 0) is 6.42 Å². The summed E-state index contributed by atoms with van der Waals surface area (Å²) in [6.45, 7) is 0. The fourth-order valence-corrected chi connectivity index (χ4v) is 3.41. The number of nitro benzene ring substituents is 1. The molecular weight excluding hydrogens is 324 g/mol. The number of aromatic nitrogens is 3. The van der Waals surface area contributed by atoms with E-state index < -0.39 is 0 Å². The second-order valence-corrected chi connectivity index (χ2v) is 6.12. The number of hydrogen-bond acceptors (Lipinski definition) is 5. The molecule has 0 fully saturated rings.